The summed E-state index contributed by atoms with van der Waals surface area (Å²) in [6.07, 6.45) is 11.1. The minimum Gasteiger partial charge on any atom is -0.388 e. The molecule has 0 saturated heterocycles. The van der Waals surface area contributed by atoms with Gasteiger partial charge in [0.05, 0.1) is 18.8 Å². The normalized spacial score (nSPS) is 18.9. The fourth-order valence-corrected chi connectivity index (χ4v) is 2.69. The molecular weight excluding hydrogens is 226 g/mol. The molecule has 0 saturated carbocycles. The molecular formula is C14H19N3O. The number of aromatic nitrogens is 3. The second-order valence-electron chi connectivity index (χ2n) is 5.02. The maximum atomic E-state index is 9.95. The highest BCUT2D eigenvalue weighted by Gasteiger charge is 2.19. The maximum Gasteiger partial charge on any atom is 0.0807 e. The molecule has 1 N–H and O–H groups in total. The fraction of sp³-hybridized carbons (Fsp3) is 0.500. The summed E-state index contributed by atoms with van der Waals surface area (Å²) in [6, 6.07) is 0. The lowest BCUT2D eigenvalue weighted by Gasteiger charge is -2.16. The molecule has 1 unspecified atom stereocenters. The highest BCUT2D eigenvalue weighted by atomic mass is 16.3. The number of aliphatic hydroxyl groups is 1. The van der Waals surface area contributed by atoms with Crippen LogP contribution in [0.1, 0.15) is 42.6 Å². The second kappa shape index (κ2) is 4.61. The van der Waals surface area contributed by atoms with Crippen molar-refractivity contribution < 1.29 is 5.11 Å². The quantitative estimate of drug-likeness (QED) is 0.900. The van der Waals surface area contributed by atoms with E-state index in [0.29, 0.717) is 0 Å². The van der Waals surface area contributed by atoms with Gasteiger partial charge in [-0.2, -0.15) is 5.10 Å². The van der Waals surface area contributed by atoms with Gasteiger partial charge in [0.15, 0.2) is 0 Å². The van der Waals surface area contributed by atoms with E-state index >= 15 is 0 Å². The van der Waals surface area contributed by atoms with Crippen LogP contribution in [0.4, 0.5) is 0 Å². The topological polar surface area (TPSA) is 43.0 Å². The Hall–Kier alpha value is -1.55. The van der Waals surface area contributed by atoms with Crippen LogP contribution >= 0.6 is 0 Å². The van der Waals surface area contributed by atoms with Gasteiger partial charge >= 0.3 is 0 Å². The molecule has 0 aromatic carbocycles. The summed E-state index contributed by atoms with van der Waals surface area (Å²) in [5.41, 5.74) is 3.62. The second-order valence-corrected chi connectivity index (χ2v) is 5.02. The Balaban J connectivity index is 1.81. The zero-order valence-corrected chi connectivity index (χ0v) is 10.7. The molecule has 0 amide bonds. The van der Waals surface area contributed by atoms with Crippen molar-refractivity contribution in [2.45, 2.75) is 45.4 Å². The van der Waals surface area contributed by atoms with Crippen LogP contribution in [0.2, 0.25) is 0 Å². The van der Waals surface area contributed by atoms with E-state index in [2.05, 4.69) is 35.2 Å². The van der Waals surface area contributed by atoms with E-state index in [1.165, 1.54) is 11.1 Å². The van der Waals surface area contributed by atoms with E-state index in [1.54, 1.807) is 0 Å². The molecule has 1 aliphatic rings. The van der Waals surface area contributed by atoms with Crippen LogP contribution in [0.3, 0.4) is 0 Å². The first kappa shape index (κ1) is 11.5. The van der Waals surface area contributed by atoms with E-state index in [0.717, 1.165) is 37.9 Å². The third-order valence-electron chi connectivity index (χ3n) is 3.66. The molecule has 1 atom stereocenters. The molecule has 2 aromatic rings. The maximum absolute atomic E-state index is 9.95. The summed E-state index contributed by atoms with van der Waals surface area (Å²) in [5, 5.41) is 14.2. The third-order valence-corrected chi connectivity index (χ3v) is 3.66. The highest BCUT2D eigenvalue weighted by Crippen LogP contribution is 2.30. The Labute approximate surface area is 107 Å². The number of aryl methyl sites for hydroxylation is 2. The van der Waals surface area contributed by atoms with Gasteiger partial charge in [0.1, 0.15) is 0 Å². The van der Waals surface area contributed by atoms with Crippen LogP contribution < -0.4 is 0 Å². The Kier molecular flexibility index (Phi) is 2.96. The molecule has 1 aliphatic carbocycles. The lowest BCUT2D eigenvalue weighted by Crippen LogP contribution is -2.05. The van der Waals surface area contributed by atoms with Crippen LogP contribution in [0.25, 0.3) is 0 Å². The van der Waals surface area contributed by atoms with Gasteiger partial charge in [-0.25, -0.2) is 0 Å². The Morgan fingerprint density at radius 2 is 2.28 bits per heavy atom. The van der Waals surface area contributed by atoms with E-state index in [1.807, 2.05) is 10.9 Å². The lowest BCUT2D eigenvalue weighted by molar-refractivity contribution is 0.157. The number of nitrogens with zero attached hydrogens (tertiary/aromatic N) is 3. The molecule has 96 valence electrons. The Morgan fingerprint density at radius 3 is 3.00 bits per heavy atom. The molecule has 0 spiro atoms. The van der Waals surface area contributed by atoms with Crippen LogP contribution in [0.5, 0.6) is 0 Å². The average Bonchev–Trinajstić information content (AvgIpc) is 2.96. The number of rotatable bonds is 3. The molecule has 2 heterocycles. The molecule has 0 bridgehead atoms. The van der Waals surface area contributed by atoms with Gasteiger partial charge in [-0.1, -0.05) is 0 Å². The highest BCUT2D eigenvalue weighted by molar-refractivity contribution is 5.29. The van der Waals surface area contributed by atoms with Gasteiger partial charge in [0, 0.05) is 36.3 Å². The molecule has 18 heavy (non-hydrogen) atoms. The number of hydrogen-bond donors (Lipinski definition) is 1. The van der Waals surface area contributed by atoms with Crippen molar-refractivity contribution >= 4 is 0 Å². The first-order valence-electron chi connectivity index (χ1n) is 6.64. The zero-order chi connectivity index (χ0) is 12.5. The summed E-state index contributed by atoms with van der Waals surface area (Å²) in [6.45, 7) is 3.82. The average molecular weight is 245 g/mol. The summed E-state index contributed by atoms with van der Waals surface area (Å²) in [5.74, 6) is 0. The van der Waals surface area contributed by atoms with E-state index in [4.69, 9.17) is 0 Å². The number of aliphatic hydroxyl groups excluding tert-OH is 1. The molecule has 0 aliphatic heterocycles. The predicted molar refractivity (Wildman–Crippen MR) is 69.3 cm³/mol. The molecule has 4 heteroatoms. The van der Waals surface area contributed by atoms with Crippen molar-refractivity contribution in [2.75, 3.05) is 0 Å². The van der Waals surface area contributed by atoms with Crippen molar-refractivity contribution in [2.24, 2.45) is 0 Å². The van der Waals surface area contributed by atoms with Crippen molar-refractivity contribution in [1.82, 2.24) is 14.3 Å². The predicted octanol–water partition coefficient (Wildman–Crippen LogP) is 2.12. The van der Waals surface area contributed by atoms with Crippen molar-refractivity contribution in [3.63, 3.8) is 0 Å². The lowest BCUT2D eigenvalue weighted by atomic mass is 9.93. The van der Waals surface area contributed by atoms with Gasteiger partial charge in [-0.3, -0.25) is 4.68 Å². The molecule has 0 radical (unpaired) electrons. The monoisotopic (exact) mass is 245 g/mol. The summed E-state index contributed by atoms with van der Waals surface area (Å²) >= 11 is 0. The summed E-state index contributed by atoms with van der Waals surface area (Å²) in [7, 11) is 0. The van der Waals surface area contributed by atoms with Gasteiger partial charge in [-0.05, 0) is 31.7 Å². The van der Waals surface area contributed by atoms with Crippen LogP contribution in [0.15, 0.2) is 24.8 Å². The summed E-state index contributed by atoms with van der Waals surface area (Å²) < 4.78 is 4.10. The minimum atomic E-state index is -0.270. The molecule has 3 rings (SSSR count). The van der Waals surface area contributed by atoms with Crippen molar-refractivity contribution in [1.29, 1.82) is 0 Å². The minimum absolute atomic E-state index is 0.270. The van der Waals surface area contributed by atoms with Crippen LogP contribution in [-0.2, 0) is 19.5 Å². The van der Waals surface area contributed by atoms with Gasteiger partial charge in [-0.15, -0.1) is 0 Å². The number of fused-ring (bicyclic) bond motifs is 1. The SMILES string of the molecule is CCn1cc(Cn2cc3c(c2)C(O)CCC3)cn1. The zero-order valence-electron chi connectivity index (χ0n) is 10.7. The molecule has 4 nitrogen and oxygen atoms in total. The largest absolute Gasteiger partial charge is 0.388 e. The van der Waals surface area contributed by atoms with Gasteiger partial charge in [0.25, 0.3) is 0 Å². The van der Waals surface area contributed by atoms with E-state index < -0.39 is 0 Å². The van der Waals surface area contributed by atoms with Crippen molar-refractivity contribution in [3.05, 3.63) is 41.5 Å². The van der Waals surface area contributed by atoms with Gasteiger partial charge in [0.2, 0.25) is 0 Å². The van der Waals surface area contributed by atoms with Gasteiger partial charge < -0.3 is 9.67 Å². The van der Waals surface area contributed by atoms with E-state index in [9.17, 15) is 5.11 Å². The third kappa shape index (κ3) is 2.08. The fourth-order valence-electron chi connectivity index (χ4n) is 2.69. The molecule has 2 aromatic heterocycles. The van der Waals surface area contributed by atoms with E-state index in [-0.39, 0.29) is 6.10 Å². The smallest absolute Gasteiger partial charge is 0.0807 e. The summed E-state index contributed by atoms with van der Waals surface area (Å²) in [4.78, 5) is 0. The Morgan fingerprint density at radius 1 is 1.39 bits per heavy atom. The first-order valence-corrected chi connectivity index (χ1v) is 6.64. The van der Waals surface area contributed by atoms with Crippen LogP contribution in [-0.4, -0.2) is 19.5 Å². The Bertz CT molecular complexity index is 541. The first-order chi connectivity index (χ1) is 8.76. The number of hydrogen-bond acceptors (Lipinski definition) is 2. The molecule has 0 fully saturated rings. The van der Waals surface area contributed by atoms with Crippen molar-refractivity contribution in [3.8, 4) is 0 Å². The van der Waals surface area contributed by atoms with Crippen LogP contribution in [0, 0.1) is 0 Å². The standard InChI is InChI=1S/C14H19N3O/c1-2-17-8-11(6-15-17)7-16-9-12-4-3-5-14(18)13(12)10-16/h6,8-10,14,18H,2-5,7H2,1H3.